The minimum atomic E-state index is 0.653. The van der Waals surface area contributed by atoms with Gasteiger partial charge in [0.05, 0.1) is 5.69 Å². The van der Waals surface area contributed by atoms with Crippen molar-refractivity contribution in [2.24, 2.45) is 11.8 Å². The summed E-state index contributed by atoms with van der Waals surface area (Å²) in [5.41, 5.74) is 2.38. The first-order valence-corrected chi connectivity index (χ1v) is 8.03. The third-order valence-electron chi connectivity index (χ3n) is 4.48. The fraction of sp³-hybridized carbons (Fsp3) is 0.706. The van der Waals surface area contributed by atoms with Crippen LogP contribution < -0.4 is 5.32 Å². The first-order chi connectivity index (χ1) is 9.60. The van der Waals surface area contributed by atoms with Crippen LogP contribution in [-0.4, -0.2) is 29.0 Å². The maximum Gasteiger partial charge on any atom is 0.0564 e. The number of nitrogens with one attached hydrogen (secondary N) is 1. The van der Waals surface area contributed by atoms with E-state index < -0.39 is 0 Å². The van der Waals surface area contributed by atoms with Gasteiger partial charge in [-0.1, -0.05) is 20.8 Å². The Labute approximate surface area is 123 Å². The zero-order chi connectivity index (χ0) is 14.5. The van der Waals surface area contributed by atoms with Gasteiger partial charge in [-0.2, -0.15) is 0 Å². The minimum absolute atomic E-state index is 0.653. The van der Waals surface area contributed by atoms with Gasteiger partial charge < -0.3 is 5.32 Å². The quantitative estimate of drug-likeness (QED) is 0.886. The Morgan fingerprint density at radius 3 is 2.90 bits per heavy atom. The molecule has 0 radical (unpaired) electrons. The molecule has 1 fully saturated rings. The van der Waals surface area contributed by atoms with E-state index in [1.165, 1.54) is 24.3 Å². The summed E-state index contributed by atoms with van der Waals surface area (Å²) in [6, 6.07) is 4.91. The maximum absolute atomic E-state index is 4.54. The van der Waals surface area contributed by atoms with Crippen molar-refractivity contribution in [2.75, 3.05) is 18.4 Å². The van der Waals surface area contributed by atoms with E-state index in [1.807, 2.05) is 6.20 Å². The lowest BCUT2D eigenvalue weighted by molar-refractivity contribution is 0.0718. The van der Waals surface area contributed by atoms with E-state index in [-0.39, 0.29) is 0 Å². The topological polar surface area (TPSA) is 28.2 Å². The fourth-order valence-corrected chi connectivity index (χ4v) is 3.19. The van der Waals surface area contributed by atoms with Crippen LogP contribution in [0.4, 0.5) is 5.69 Å². The van der Waals surface area contributed by atoms with Crippen LogP contribution in [0.1, 0.15) is 46.2 Å². The molecule has 0 bridgehead atoms. The third-order valence-corrected chi connectivity index (χ3v) is 4.48. The van der Waals surface area contributed by atoms with Gasteiger partial charge in [0.1, 0.15) is 0 Å². The summed E-state index contributed by atoms with van der Waals surface area (Å²) in [6.07, 6.45) is 4.42. The van der Waals surface area contributed by atoms with E-state index in [0.717, 1.165) is 31.3 Å². The summed E-state index contributed by atoms with van der Waals surface area (Å²) in [6.45, 7) is 12.5. The molecule has 3 nitrogen and oxygen atoms in total. The minimum Gasteiger partial charge on any atom is -0.385 e. The predicted octanol–water partition coefficient (Wildman–Crippen LogP) is 3.77. The predicted molar refractivity (Wildman–Crippen MR) is 85.8 cm³/mol. The molecule has 0 spiro atoms. The van der Waals surface area contributed by atoms with Crippen LogP contribution in [0, 0.1) is 11.8 Å². The van der Waals surface area contributed by atoms with Gasteiger partial charge in [-0.05, 0) is 43.7 Å². The summed E-state index contributed by atoms with van der Waals surface area (Å²) >= 11 is 0. The number of piperidine rings is 1. The van der Waals surface area contributed by atoms with Gasteiger partial charge in [0.15, 0.2) is 0 Å². The number of pyridine rings is 1. The number of anilines is 1. The highest BCUT2D eigenvalue weighted by Crippen LogP contribution is 2.28. The highest BCUT2D eigenvalue weighted by molar-refractivity contribution is 5.43. The molecule has 1 N–H and O–H groups in total. The number of aromatic nitrogens is 1. The summed E-state index contributed by atoms with van der Waals surface area (Å²) in [7, 11) is 0. The molecular formula is C17H29N3. The van der Waals surface area contributed by atoms with Gasteiger partial charge >= 0.3 is 0 Å². The lowest BCUT2D eigenvalue weighted by Crippen LogP contribution is -2.45. The lowest BCUT2D eigenvalue weighted by atomic mass is 9.86. The van der Waals surface area contributed by atoms with E-state index in [2.05, 4.69) is 55.0 Å². The molecule has 0 amide bonds. The summed E-state index contributed by atoms with van der Waals surface area (Å²) < 4.78 is 0. The summed E-state index contributed by atoms with van der Waals surface area (Å²) in [5, 5.41) is 3.44. The average Bonchev–Trinajstić information content (AvgIpc) is 2.42. The number of nitrogens with zero attached hydrogens (tertiary/aromatic N) is 2. The van der Waals surface area contributed by atoms with Gasteiger partial charge in [0.2, 0.25) is 0 Å². The third kappa shape index (κ3) is 3.95. The molecular weight excluding hydrogens is 246 g/mol. The zero-order valence-corrected chi connectivity index (χ0v) is 13.4. The molecule has 0 saturated carbocycles. The Bertz CT molecular complexity index is 418. The fourth-order valence-electron chi connectivity index (χ4n) is 3.19. The van der Waals surface area contributed by atoms with E-state index in [9.17, 15) is 0 Å². The van der Waals surface area contributed by atoms with Crippen LogP contribution in [-0.2, 0) is 6.54 Å². The second-order valence-corrected chi connectivity index (χ2v) is 6.45. The first kappa shape index (κ1) is 15.3. The average molecular weight is 275 g/mol. The monoisotopic (exact) mass is 275 g/mol. The van der Waals surface area contributed by atoms with Crippen molar-refractivity contribution < 1.29 is 0 Å². The van der Waals surface area contributed by atoms with Crippen molar-refractivity contribution in [3.8, 4) is 0 Å². The molecule has 2 rings (SSSR count). The van der Waals surface area contributed by atoms with E-state index >= 15 is 0 Å². The SMILES string of the molecule is CCCNc1ccnc(CN2CC(C)CC(C)C2C)c1. The molecule has 0 aliphatic carbocycles. The van der Waals surface area contributed by atoms with Crippen LogP contribution in [0.2, 0.25) is 0 Å². The van der Waals surface area contributed by atoms with Crippen LogP contribution in [0.15, 0.2) is 18.3 Å². The number of hydrogen-bond donors (Lipinski definition) is 1. The first-order valence-electron chi connectivity index (χ1n) is 8.03. The lowest BCUT2D eigenvalue weighted by Gasteiger charge is -2.41. The molecule has 0 aromatic carbocycles. The Kier molecular flexibility index (Phi) is 5.41. The molecule has 1 aliphatic heterocycles. The Hall–Kier alpha value is -1.09. The molecule has 20 heavy (non-hydrogen) atoms. The highest BCUT2D eigenvalue weighted by atomic mass is 15.2. The Morgan fingerprint density at radius 2 is 2.15 bits per heavy atom. The number of rotatable bonds is 5. The highest BCUT2D eigenvalue weighted by Gasteiger charge is 2.28. The van der Waals surface area contributed by atoms with Gasteiger partial charge in [0, 0.05) is 37.6 Å². The molecule has 1 aliphatic rings. The zero-order valence-electron chi connectivity index (χ0n) is 13.4. The van der Waals surface area contributed by atoms with E-state index in [0.29, 0.717) is 6.04 Å². The van der Waals surface area contributed by atoms with E-state index in [1.54, 1.807) is 0 Å². The molecule has 112 valence electrons. The van der Waals surface area contributed by atoms with Gasteiger partial charge in [-0.3, -0.25) is 9.88 Å². The van der Waals surface area contributed by atoms with Gasteiger partial charge in [-0.15, -0.1) is 0 Å². The molecule has 1 saturated heterocycles. The van der Waals surface area contributed by atoms with Crippen LogP contribution in [0.25, 0.3) is 0 Å². The van der Waals surface area contributed by atoms with Crippen molar-refractivity contribution in [1.29, 1.82) is 0 Å². The molecule has 1 aromatic rings. The molecule has 3 heteroatoms. The van der Waals surface area contributed by atoms with Crippen LogP contribution in [0.5, 0.6) is 0 Å². The normalized spacial score (nSPS) is 27.5. The van der Waals surface area contributed by atoms with Crippen molar-refractivity contribution in [3.05, 3.63) is 24.0 Å². The summed E-state index contributed by atoms with van der Waals surface area (Å²) in [4.78, 5) is 7.13. The van der Waals surface area contributed by atoms with Crippen molar-refractivity contribution in [3.63, 3.8) is 0 Å². The molecule has 3 atom stereocenters. The standard InChI is InChI=1S/C17H29N3/c1-5-7-18-16-6-8-19-17(10-16)12-20-11-13(2)9-14(3)15(20)4/h6,8,10,13-15H,5,7,9,11-12H2,1-4H3,(H,18,19). The Balaban J connectivity index is 2.01. The smallest absolute Gasteiger partial charge is 0.0564 e. The van der Waals surface area contributed by atoms with Crippen LogP contribution in [0.3, 0.4) is 0 Å². The van der Waals surface area contributed by atoms with Crippen LogP contribution >= 0.6 is 0 Å². The largest absolute Gasteiger partial charge is 0.385 e. The number of hydrogen-bond acceptors (Lipinski definition) is 3. The number of likely N-dealkylation sites (tertiary alicyclic amines) is 1. The molecule has 2 heterocycles. The maximum atomic E-state index is 4.54. The van der Waals surface area contributed by atoms with Crippen molar-refractivity contribution >= 4 is 5.69 Å². The van der Waals surface area contributed by atoms with Crippen molar-refractivity contribution in [1.82, 2.24) is 9.88 Å². The second-order valence-electron chi connectivity index (χ2n) is 6.45. The van der Waals surface area contributed by atoms with E-state index in [4.69, 9.17) is 0 Å². The molecule has 1 aromatic heterocycles. The van der Waals surface area contributed by atoms with Gasteiger partial charge in [0.25, 0.3) is 0 Å². The Morgan fingerprint density at radius 1 is 1.35 bits per heavy atom. The molecule has 3 unspecified atom stereocenters. The van der Waals surface area contributed by atoms with Crippen molar-refractivity contribution in [2.45, 2.75) is 53.1 Å². The summed E-state index contributed by atoms with van der Waals surface area (Å²) in [5.74, 6) is 1.57. The second kappa shape index (κ2) is 7.07. The van der Waals surface area contributed by atoms with Gasteiger partial charge in [-0.25, -0.2) is 0 Å².